The molecule has 0 radical (unpaired) electrons. The Morgan fingerprint density at radius 1 is 1.18 bits per heavy atom. The van der Waals surface area contributed by atoms with Crippen molar-refractivity contribution in [1.82, 2.24) is 0 Å². The Bertz CT molecular complexity index is 616. The van der Waals surface area contributed by atoms with Crippen LogP contribution in [0.2, 0.25) is 5.02 Å². The number of carbonyl (C=O) groups excluding carboxylic acids is 1. The Hall–Kier alpha value is -1.60. The van der Waals surface area contributed by atoms with Crippen molar-refractivity contribution in [2.75, 3.05) is 0 Å². The average Bonchev–Trinajstić information content (AvgIpc) is 2.62. The van der Waals surface area contributed by atoms with Gasteiger partial charge in [-0.2, -0.15) is 0 Å². The number of hydrogen-bond donors (Lipinski definition) is 0. The molecule has 0 saturated carbocycles. The van der Waals surface area contributed by atoms with Crippen LogP contribution in [0.25, 0.3) is 11.1 Å². The van der Waals surface area contributed by atoms with Crippen LogP contribution in [0.3, 0.4) is 0 Å². The summed E-state index contributed by atoms with van der Waals surface area (Å²) in [5.41, 5.74) is 5.29. The predicted octanol–water partition coefficient (Wildman–Crippen LogP) is 3.96. The minimum Gasteiger partial charge on any atom is -0.302 e. The second-order valence-electron chi connectivity index (χ2n) is 4.41. The zero-order valence-corrected chi connectivity index (χ0v) is 10.2. The lowest BCUT2D eigenvalue weighted by atomic mass is 9.97. The van der Waals surface area contributed by atoms with Gasteiger partial charge in [0.2, 0.25) is 0 Å². The summed E-state index contributed by atoms with van der Waals surface area (Å²) in [5.74, 6) is -0.168. The van der Waals surface area contributed by atoms with Crippen LogP contribution >= 0.6 is 11.6 Å². The molecule has 0 N–H and O–H groups in total. The van der Waals surface area contributed by atoms with Gasteiger partial charge in [0.25, 0.3) is 0 Å². The number of aldehydes is 1. The van der Waals surface area contributed by atoms with Gasteiger partial charge in [-0.25, -0.2) is 0 Å². The quantitative estimate of drug-likeness (QED) is 0.692. The minimum atomic E-state index is -0.168. The molecule has 17 heavy (non-hydrogen) atoms. The van der Waals surface area contributed by atoms with Crippen LogP contribution in [0.1, 0.15) is 22.6 Å². The van der Waals surface area contributed by atoms with Crippen LogP contribution in [0, 0.1) is 6.92 Å². The van der Waals surface area contributed by atoms with Crippen LogP contribution < -0.4 is 0 Å². The van der Waals surface area contributed by atoms with E-state index in [2.05, 4.69) is 6.07 Å². The van der Waals surface area contributed by atoms with Gasteiger partial charge in [-0.3, -0.25) is 0 Å². The molecule has 1 aliphatic carbocycles. The fourth-order valence-corrected chi connectivity index (χ4v) is 2.99. The molecule has 0 amide bonds. The van der Waals surface area contributed by atoms with Gasteiger partial charge >= 0.3 is 0 Å². The van der Waals surface area contributed by atoms with Crippen molar-refractivity contribution in [3.8, 4) is 11.1 Å². The first-order valence-electron chi connectivity index (χ1n) is 5.57. The van der Waals surface area contributed by atoms with E-state index in [0.29, 0.717) is 0 Å². The van der Waals surface area contributed by atoms with Gasteiger partial charge in [-0.1, -0.05) is 41.9 Å². The monoisotopic (exact) mass is 242 g/mol. The van der Waals surface area contributed by atoms with Gasteiger partial charge in [0, 0.05) is 10.6 Å². The van der Waals surface area contributed by atoms with E-state index in [9.17, 15) is 4.79 Å². The normalized spacial score (nSPS) is 16.5. The Kier molecular flexibility index (Phi) is 2.30. The topological polar surface area (TPSA) is 17.1 Å². The standard InChI is InChI=1S/C15H11ClO/c1-9-6-12-13(8-17)10-4-2-3-5-11(10)15(12)14(16)7-9/h2-8,13H,1H3. The number of fused-ring (bicyclic) bond motifs is 3. The Morgan fingerprint density at radius 2 is 1.94 bits per heavy atom. The Labute approximate surface area is 105 Å². The molecule has 3 rings (SSSR count). The highest BCUT2D eigenvalue weighted by Gasteiger charge is 2.29. The molecule has 2 aromatic rings. The summed E-state index contributed by atoms with van der Waals surface area (Å²) in [6, 6.07) is 12.0. The first kappa shape index (κ1) is 10.5. The highest BCUT2D eigenvalue weighted by atomic mass is 35.5. The molecular weight excluding hydrogens is 232 g/mol. The summed E-state index contributed by atoms with van der Waals surface area (Å²) in [7, 11) is 0. The van der Waals surface area contributed by atoms with Crippen molar-refractivity contribution >= 4 is 17.9 Å². The van der Waals surface area contributed by atoms with Crippen molar-refractivity contribution in [3.05, 3.63) is 58.1 Å². The predicted molar refractivity (Wildman–Crippen MR) is 69.5 cm³/mol. The number of aryl methyl sites for hydroxylation is 1. The second kappa shape index (κ2) is 3.71. The molecule has 1 nitrogen and oxygen atoms in total. The first-order chi connectivity index (χ1) is 8.22. The van der Waals surface area contributed by atoms with Gasteiger partial charge in [-0.15, -0.1) is 0 Å². The van der Waals surface area contributed by atoms with Crippen molar-refractivity contribution in [2.45, 2.75) is 12.8 Å². The van der Waals surface area contributed by atoms with E-state index in [4.69, 9.17) is 11.6 Å². The van der Waals surface area contributed by atoms with E-state index in [-0.39, 0.29) is 5.92 Å². The third-order valence-electron chi connectivity index (χ3n) is 3.30. The van der Waals surface area contributed by atoms with Crippen LogP contribution in [-0.4, -0.2) is 6.29 Å². The third kappa shape index (κ3) is 1.43. The molecule has 0 spiro atoms. The number of rotatable bonds is 1. The number of hydrogen-bond acceptors (Lipinski definition) is 1. The minimum absolute atomic E-state index is 0.168. The average molecular weight is 243 g/mol. The maximum absolute atomic E-state index is 11.3. The molecule has 0 saturated heterocycles. The van der Waals surface area contributed by atoms with Crippen molar-refractivity contribution in [3.63, 3.8) is 0 Å². The molecular formula is C15H11ClO. The molecule has 0 fully saturated rings. The van der Waals surface area contributed by atoms with Gasteiger partial charge in [0.1, 0.15) is 6.29 Å². The highest BCUT2D eigenvalue weighted by Crippen LogP contribution is 2.47. The summed E-state index contributed by atoms with van der Waals surface area (Å²) >= 11 is 6.31. The van der Waals surface area contributed by atoms with E-state index in [1.54, 1.807) is 0 Å². The zero-order chi connectivity index (χ0) is 12.0. The van der Waals surface area contributed by atoms with Gasteiger partial charge in [0.15, 0.2) is 0 Å². The summed E-state index contributed by atoms with van der Waals surface area (Å²) in [6.45, 7) is 2.00. The van der Waals surface area contributed by atoms with Crippen LogP contribution in [0.5, 0.6) is 0 Å². The van der Waals surface area contributed by atoms with Gasteiger partial charge < -0.3 is 4.79 Å². The highest BCUT2D eigenvalue weighted by molar-refractivity contribution is 6.34. The maximum Gasteiger partial charge on any atom is 0.131 e. The van der Waals surface area contributed by atoms with Crippen molar-refractivity contribution < 1.29 is 4.79 Å². The molecule has 84 valence electrons. The first-order valence-corrected chi connectivity index (χ1v) is 5.95. The SMILES string of the molecule is Cc1cc(Cl)c2c(c1)C(C=O)c1ccccc1-2. The number of benzene rings is 2. The van der Waals surface area contributed by atoms with Crippen molar-refractivity contribution in [1.29, 1.82) is 0 Å². The molecule has 0 bridgehead atoms. The smallest absolute Gasteiger partial charge is 0.131 e. The van der Waals surface area contributed by atoms with E-state index < -0.39 is 0 Å². The third-order valence-corrected chi connectivity index (χ3v) is 3.60. The second-order valence-corrected chi connectivity index (χ2v) is 4.82. The molecule has 1 aliphatic rings. The van der Waals surface area contributed by atoms with Crippen LogP contribution in [0.15, 0.2) is 36.4 Å². The van der Waals surface area contributed by atoms with Gasteiger partial charge in [-0.05, 0) is 35.2 Å². The number of halogens is 1. The fourth-order valence-electron chi connectivity index (χ4n) is 2.61. The van der Waals surface area contributed by atoms with Crippen LogP contribution in [0.4, 0.5) is 0 Å². The zero-order valence-electron chi connectivity index (χ0n) is 9.41. The molecule has 1 unspecified atom stereocenters. The van der Waals surface area contributed by atoms with Crippen molar-refractivity contribution in [2.24, 2.45) is 0 Å². The molecule has 0 heterocycles. The lowest BCUT2D eigenvalue weighted by molar-refractivity contribution is -0.108. The van der Waals surface area contributed by atoms with E-state index in [1.807, 2.05) is 37.3 Å². The Balaban J connectivity index is 2.39. The largest absolute Gasteiger partial charge is 0.302 e. The molecule has 1 atom stereocenters. The van der Waals surface area contributed by atoms with E-state index in [1.165, 1.54) is 0 Å². The summed E-state index contributed by atoms with van der Waals surface area (Å²) in [5, 5.41) is 0.733. The lowest BCUT2D eigenvalue weighted by Crippen LogP contribution is -1.97. The van der Waals surface area contributed by atoms with E-state index >= 15 is 0 Å². The van der Waals surface area contributed by atoms with E-state index in [0.717, 1.165) is 39.1 Å². The fraction of sp³-hybridized carbons (Fsp3) is 0.133. The molecule has 2 aromatic carbocycles. The number of carbonyl (C=O) groups is 1. The summed E-state index contributed by atoms with van der Waals surface area (Å²) in [6.07, 6.45) is 1.00. The maximum atomic E-state index is 11.3. The molecule has 0 aromatic heterocycles. The molecule has 2 heteroatoms. The lowest BCUT2D eigenvalue weighted by Gasteiger charge is -2.07. The molecule has 0 aliphatic heterocycles. The van der Waals surface area contributed by atoms with Crippen LogP contribution in [-0.2, 0) is 4.79 Å². The summed E-state index contributed by atoms with van der Waals surface area (Å²) < 4.78 is 0. The Morgan fingerprint density at radius 3 is 2.71 bits per heavy atom. The van der Waals surface area contributed by atoms with Gasteiger partial charge in [0.05, 0.1) is 5.92 Å². The summed E-state index contributed by atoms with van der Waals surface area (Å²) in [4.78, 5) is 11.3.